The molecule has 0 heterocycles. The summed E-state index contributed by atoms with van der Waals surface area (Å²) in [5.74, 6) is 1.08. The summed E-state index contributed by atoms with van der Waals surface area (Å²) >= 11 is 3.29. The van der Waals surface area contributed by atoms with Crippen LogP contribution in [-0.4, -0.2) is 23.8 Å². The molecular weight excluding hydrogens is 259 g/mol. The maximum absolute atomic E-state index is 9.03. The van der Waals surface area contributed by atoms with E-state index in [2.05, 4.69) is 29.8 Å². The Labute approximate surface area is 98.4 Å². The second kappa shape index (κ2) is 5.54. The van der Waals surface area contributed by atoms with Crippen molar-refractivity contribution >= 4 is 28.5 Å². The van der Waals surface area contributed by atoms with Gasteiger partial charge in [0.15, 0.2) is 0 Å². The van der Waals surface area contributed by atoms with Crippen LogP contribution in [0.4, 0.5) is 0 Å². The van der Waals surface area contributed by atoms with Crippen molar-refractivity contribution in [2.75, 3.05) is 6.61 Å². The monoisotopic (exact) mass is 272 g/mol. The lowest BCUT2D eigenvalue weighted by Crippen LogP contribution is -2.29. The third kappa shape index (κ3) is 4.24. The maximum atomic E-state index is 9.03. The van der Waals surface area contributed by atoms with Gasteiger partial charge in [-0.2, -0.15) is 0 Å². The average molecular weight is 273 g/mol. The fraction of sp³-hybridized carbons (Fsp3) is 0.400. The minimum atomic E-state index is -1.47. The Kier molecular flexibility index (Phi) is 4.63. The quantitative estimate of drug-likeness (QED) is 0.809. The Morgan fingerprint density at radius 3 is 2.53 bits per heavy atom. The molecule has 2 N–H and O–H groups in total. The summed E-state index contributed by atoms with van der Waals surface area (Å²) in [6.45, 7) is 4.72. The van der Waals surface area contributed by atoms with Crippen LogP contribution in [-0.2, 0) is 0 Å². The summed E-state index contributed by atoms with van der Waals surface area (Å²) in [6.07, 6.45) is 0. The molecule has 0 aliphatic rings. The number of halogens is 1. The molecule has 0 spiro atoms. The van der Waals surface area contributed by atoms with E-state index in [9.17, 15) is 0 Å². The summed E-state index contributed by atoms with van der Waals surface area (Å²) in [4.78, 5) is 0. The molecule has 0 amide bonds. The molecule has 0 bridgehead atoms. The van der Waals surface area contributed by atoms with Crippen LogP contribution in [0.3, 0.4) is 0 Å². The molecule has 1 rings (SSSR count). The van der Waals surface area contributed by atoms with Crippen molar-refractivity contribution in [3.8, 4) is 5.75 Å². The molecule has 0 unspecified atom stereocenters. The Hall–Kier alpha value is -0.515. The minimum Gasteiger partial charge on any atom is -0.493 e. The van der Waals surface area contributed by atoms with Crippen molar-refractivity contribution in [1.82, 2.24) is 0 Å². The van der Waals surface area contributed by atoms with Gasteiger partial charge in [0, 0.05) is 4.47 Å². The van der Waals surface area contributed by atoms with Crippen LogP contribution in [0, 0.1) is 5.92 Å². The van der Waals surface area contributed by atoms with Crippen LogP contribution in [0.2, 0.25) is 0 Å². The summed E-state index contributed by atoms with van der Waals surface area (Å²) in [5, 5.41) is 18.1. The molecule has 1 aromatic carbocycles. The number of ether oxygens (including phenoxy) is 1. The van der Waals surface area contributed by atoms with Crippen molar-refractivity contribution < 1.29 is 14.8 Å². The molecule has 0 saturated heterocycles. The van der Waals surface area contributed by atoms with Gasteiger partial charge in [0.25, 0.3) is 0 Å². The predicted molar refractivity (Wildman–Crippen MR) is 64.3 cm³/mol. The lowest BCUT2D eigenvalue weighted by Gasteiger charge is -2.10. The Morgan fingerprint density at radius 2 is 2.00 bits per heavy atom. The van der Waals surface area contributed by atoms with Gasteiger partial charge in [-0.1, -0.05) is 29.8 Å². The largest absolute Gasteiger partial charge is 0.493 e. The summed E-state index contributed by atoms with van der Waals surface area (Å²) in [6, 6.07) is 5.07. The third-order valence-electron chi connectivity index (χ3n) is 1.78. The second-order valence-corrected chi connectivity index (χ2v) is 4.71. The number of rotatable bonds is 4. The molecule has 3 nitrogen and oxygen atoms in total. The lowest BCUT2D eigenvalue weighted by molar-refractivity contribution is 0.271. The molecule has 0 aromatic heterocycles. The van der Waals surface area contributed by atoms with E-state index in [1.54, 1.807) is 18.2 Å². The first-order valence-electron chi connectivity index (χ1n) is 4.78. The maximum Gasteiger partial charge on any atom is 0.488 e. The highest BCUT2D eigenvalue weighted by Gasteiger charge is 2.13. The van der Waals surface area contributed by atoms with Crippen molar-refractivity contribution in [3.63, 3.8) is 0 Å². The molecular formula is C10H14BBrO3. The number of benzene rings is 1. The molecule has 0 atom stereocenters. The Bertz CT molecular complexity index is 328. The molecule has 82 valence electrons. The lowest BCUT2D eigenvalue weighted by atomic mass is 9.80. The highest BCUT2D eigenvalue weighted by Crippen LogP contribution is 2.17. The topological polar surface area (TPSA) is 49.7 Å². The van der Waals surface area contributed by atoms with Crippen molar-refractivity contribution in [2.24, 2.45) is 5.92 Å². The Morgan fingerprint density at radius 1 is 1.33 bits per heavy atom. The van der Waals surface area contributed by atoms with Gasteiger partial charge in [-0.15, -0.1) is 0 Å². The zero-order chi connectivity index (χ0) is 11.4. The SMILES string of the molecule is CC(C)COc1cc(Br)cc(B(O)O)c1. The molecule has 1 aromatic rings. The van der Waals surface area contributed by atoms with Crippen molar-refractivity contribution in [1.29, 1.82) is 0 Å². The minimum absolute atomic E-state index is 0.420. The first-order valence-corrected chi connectivity index (χ1v) is 5.57. The van der Waals surface area contributed by atoms with Gasteiger partial charge in [0.05, 0.1) is 6.61 Å². The highest BCUT2D eigenvalue weighted by molar-refractivity contribution is 9.10. The van der Waals surface area contributed by atoms with E-state index >= 15 is 0 Å². The molecule has 0 radical (unpaired) electrons. The summed E-state index contributed by atoms with van der Waals surface area (Å²) < 4.78 is 6.26. The fourth-order valence-electron chi connectivity index (χ4n) is 1.08. The molecule has 0 saturated carbocycles. The third-order valence-corrected chi connectivity index (χ3v) is 2.23. The van der Waals surface area contributed by atoms with Gasteiger partial charge in [-0.25, -0.2) is 0 Å². The van der Waals surface area contributed by atoms with Crippen LogP contribution >= 0.6 is 15.9 Å². The van der Waals surface area contributed by atoms with E-state index in [0.29, 0.717) is 23.7 Å². The second-order valence-electron chi connectivity index (χ2n) is 3.80. The van der Waals surface area contributed by atoms with E-state index in [-0.39, 0.29) is 0 Å². The van der Waals surface area contributed by atoms with Crippen molar-refractivity contribution in [3.05, 3.63) is 22.7 Å². The predicted octanol–water partition coefficient (Wildman–Crippen LogP) is 1.16. The summed E-state index contributed by atoms with van der Waals surface area (Å²) in [5.41, 5.74) is 0.420. The van der Waals surface area contributed by atoms with E-state index in [0.717, 1.165) is 4.47 Å². The molecule has 0 aliphatic carbocycles. The van der Waals surface area contributed by atoms with Crippen LogP contribution in [0.15, 0.2) is 22.7 Å². The van der Waals surface area contributed by atoms with Gasteiger partial charge in [0.2, 0.25) is 0 Å². The summed E-state index contributed by atoms with van der Waals surface area (Å²) in [7, 11) is -1.47. The van der Waals surface area contributed by atoms with Gasteiger partial charge in [-0.3, -0.25) is 0 Å². The average Bonchev–Trinajstić information content (AvgIpc) is 2.13. The van der Waals surface area contributed by atoms with Crippen LogP contribution < -0.4 is 10.2 Å². The van der Waals surface area contributed by atoms with Gasteiger partial charge in [-0.05, 0) is 29.6 Å². The highest BCUT2D eigenvalue weighted by atomic mass is 79.9. The van der Waals surface area contributed by atoms with Gasteiger partial charge >= 0.3 is 7.12 Å². The fourth-order valence-corrected chi connectivity index (χ4v) is 1.57. The van der Waals surface area contributed by atoms with Crippen LogP contribution in [0.5, 0.6) is 5.75 Å². The number of hydrogen-bond acceptors (Lipinski definition) is 3. The van der Waals surface area contributed by atoms with E-state index < -0.39 is 7.12 Å². The van der Waals surface area contributed by atoms with Crippen LogP contribution in [0.25, 0.3) is 0 Å². The molecule has 0 aliphatic heterocycles. The first-order chi connectivity index (χ1) is 6.99. The molecule has 5 heteroatoms. The molecule has 0 fully saturated rings. The zero-order valence-corrected chi connectivity index (χ0v) is 10.4. The van der Waals surface area contributed by atoms with E-state index in [1.807, 2.05) is 0 Å². The first kappa shape index (κ1) is 12.6. The van der Waals surface area contributed by atoms with Crippen molar-refractivity contribution in [2.45, 2.75) is 13.8 Å². The van der Waals surface area contributed by atoms with Gasteiger partial charge in [0.1, 0.15) is 5.75 Å². The van der Waals surface area contributed by atoms with Gasteiger partial charge < -0.3 is 14.8 Å². The molecule has 15 heavy (non-hydrogen) atoms. The zero-order valence-electron chi connectivity index (χ0n) is 8.77. The number of hydrogen-bond donors (Lipinski definition) is 2. The standard InChI is InChI=1S/C10H14BBrO3/c1-7(2)6-15-10-4-8(11(13)14)3-9(12)5-10/h3-5,7,13-14H,6H2,1-2H3. The van der Waals surface area contributed by atoms with Crippen LogP contribution in [0.1, 0.15) is 13.8 Å². The van der Waals surface area contributed by atoms with E-state index in [1.165, 1.54) is 0 Å². The Balaban J connectivity index is 2.79. The smallest absolute Gasteiger partial charge is 0.488 e. The van der Waals surface area contributed by atoms with E-state index in [4.69, 9.17) is 14.8 Å². The normalized spacial score (nSPS) is 10.5.